The predicted octanol–water partition coefficient (Wildman–Crippen LogP) is 3.75. The number of nitrogens with one attached hydrogen (secondary N) is 1. The Morgan fingerprint density at radius 2 is 2.00 bits per heavy atom. The molecule has 0 aliphatic carbocycles. The highest BCUT2D eigenvalue weighted by Gasteiger charge is 2.05. The molecular formula is C15H17BrN2OS. The molecule has 1 aromatic heterocycles. The minimum absolute atomic E-state index is 0.120. The first-order valence-corrected chi connectivity index (χ1v) is 7.98. The van der Waals surface area contributed by atoms with Gasteiger partial charge in [-0.1, -0.05) is 12.1 Å². The minimum atomic E-state index is 0.120. The van der Waals surface area contributed by atoms with Gasteiger partial charge in [0.05, 0.1) is 6.42 Å². The van der Waals surface area contributed by atoms with Crippen LogP contribution in [0.5, 0.6) is 0 Å². The molecular weight excluding hydrogens is 336 g/mol. The van der Waals surface area contributed by atoms with Crippen molar-refractivity contribution in [2.75, 3.05) is 19.4 Å². The lowest BCUT2D eigenvalue weighted by Gasteiger charge is -2.10. The summed E-state index contributed by atoms with van der Waals surface area (Å²) >= 11 is 5.17. The summed E-state index contributed by atoms with van der Waals surface area (Å²) in [4.78, 5) is 14.5. The van der Waals surface area contributed by atoms with Crippen molar-refractivity contribution in [1.82, 2.24) is 4.90 Å². The van der Waals surface area contributed by atoms with E-state index >= 15 is 0 Å². The number of nitrogens with zero attached hydrogens (tertiary/aromatic N) is 1. The van der Waals surface area contributed by atoms with Crippen LogP contribution in [0.4, 0.5) is 5.69 Å². The van der Waals surface area contributed by atoms with E-state index in [1.54, 1.807) is 30.3 Å². The third-order valence-corrected chi connectivity index (χ3v) is 4.59. The van der Waals surface area contributed by atoms with E-state index in [0.717, 1.165) is 22.3 Å². The second-order valence-corrected chi connectivity index (χ2v) is 6.66. The van der Waals surface area contributed by atoms with Crippen molar-refractivity contribution in [3.8, 4) is 0 Å². The molecule has 1 heterocycles. The number of thiophene rings is 1. The van der Waals surface area contributed by atoms with Gasteiger partial charge in [0.25, 0.3) is 0 Å². The summed E-state index contributed by atoms with van der Waals surface area (Å²) in [6.07, 6.45) is 0.450. The number of hydrogen-bond acceptors (Lipinski definition) is 3. The van der Waals surface area contributed by atoms with Gasteiger partial charge in [-0.25, -0.2) is 0 Å². The fourth-order valence-corrected chi connectivity index (χ4v) is 3.10. The van der Waals surface area contributed by atoms with E-state index < -0.39 is 0 Å². The maximum Gasteiger partial charge on any atom is 0.226 e. The molecule has 2 aromatic rings. The second-order valence-electron chi connectivity index (χ2n) is 4.75. The third-order valence-electron chi connectivity index (χ3n) is 2.90. The Bertz CT molecular complexity index is 578. The van der Waals surface area contributed by atoms with Crippen LogP contribution in [0.15, 0.2) is 40.2 Å². The molecule has 1 N–H and O–H groups in total. The van der Waals surface area contributed by atoms with E-state index in [4.69, 9.17) is 0 Å². The standard InChI is InChI=1S/C15H17BrN2OS/c1-18(2)15(19)7-11-3-5-13(6-4-11)17-9-14-8-12(16)10-20-14/h3-6,8,10,17H,7,9H2,1-2H3. The van der Waals surface area contributed by atoms with Gasteiger partial charge in [-0.15, -0.1) is 11.3 Å². The first-order chi connectivity index (χ1) is 9.54. The van der Waals surface area contributed by atoms with Crippen molar-refractivity contribution in [3.05, 3.63) is 50.6 Å². The molecule has 0 spiro atoms. The summed E-state index contributed by atoms with van der Waals surface area (Å²) in [6.45, 7) is 0.812. The number of carbonyl (C=O) groups is 1. The van der Waals surface area contributed by atoms with Crippen molar-refractivity contribution in [1.29, 1.82) is 0 Å². The SMILES string of the molecule is CN(C)C(=O)Cc1ccc(NCc2cc(Br)cs2)cc1. The average Bonchev–Trinajstić information content (AvgIpc) is 2.83. The van der Waals surface area contributed by atoms with Gasteiger partial charge in [0, 0.05) is 41.1 Å². The van der Waals surface area contributed by atoms with Gasteiger partial charge in [0.15, 0.2) is 0 Å². The summed E-state index contributed by atoms with van der Waals surface area (Å²) < 4.78 is 1.12. The molecule has 0 radical (unpaired) electrons. The van der Waals surface area contributed by atoms with E-state index in [0.29, 0.717) is 6.42 Å². The maximum atomic E-state index is 11.6. The molecule has 0 bridgehead atoms. The topological polar surface area (TPSA) is 32.3 Å². The van der Waals surface area contributed by atoms with Gasteiger partial charge < -0.3 is 10.2 Å². The Morgan fingerprint density at radius 1 is 1.30 bits per heavy atom. The molecule has 0 atom stereocenters. The number of anilines is 1. The molecule has 0 aliphatic rings. The normalized spacial score (nSPS) is 10.3. The number of benzene rings is 1. The first kappa shape index (κ1) is 15.1. The van der Waals surface area contributed by atoms with Gasteiger partial charge in [0.1, 0.15) is 0 Å². The van der Waals surface area contributed by atoms with Crippen molar-refractivity contribution in [2.45, 2.75) is 13.0 Å². The van der Waals surface area contributed by atoms with Crippen LogP contribution < -0.4 is 5.32 Å². The smallest absolute Gasteiger partial charge is 0.226 e. The Hall–Kier alpha value is -1.33. The van der Waals surface area contributed by atoms with E-state index in [1.807, 2.05) is 24.3 Å². The van der Waals surface area contributed by atoms with Gasteiger partial charge in [-0.2, -0.15) is 0 Å². The van der Waals surface area contributed by atoms with E-state index in [-0.39, 0.29) is 5.91 Å². The molecule has 1 aromatic carbocycles. The highest BCUT2D eigenvalue weighted by Crippen LogP contribution is 2.21. The van der Waals surface area contributed by atoms with Crippen LogP contribution in [0, 0.1) is 0 Å². The zero-order chi connectivity index (χ0) is 14.5. The van der Waals surface area contributed by atoms with Crippen LogP contribution >= 0.6 is 27.3 Å². The Morgan fingerprint density at radius 3 is 2.55 bits per heavy atom. The number of halogens is 1. The van der Waals surface area contributed by atoms with Crippen LogP contribution in [0.2, 0.25) is 0 Å². The molecule has 1 amide bonds. The van der Waals surface area contributed by atoms with Crippen molar-refractivity contribution in [2.24, 2.45) is 0 Å². The quantitative estimate of drug-likeness (QED) is 0.888. The number of rotatable bonds is 5. The Labute approximate surface area is 131 Å². The maximum absolute atomic E-state index is 11.6. The molecule has 0 saturated heterocycles. The van der Waals surface area contributed by atoms with Crippen molar-refractivity contribution < 1.29 is 4.79 Å². The van der Waals surface area contributed by atoms with Crippen LogP contribution in [-0.2, 0) is 17.8 Å². The van der Waals surface area contributed by atoms with E-state index in [9.17, 15) is 4.79 Å². The van der Waals surface area contributed by atoms with Crippen LogP contribution in [0.1, 0.15) is 10.4 Å². The molecule has 2 rings (SSSR count). The summed E-state index contributed by atoms with van der Waals surface area (Å²) in [7, 11) is 3.55. The number of likely N-dealkylation sites (N-methyl/N-ethyl adjacent to an activating group) is 1. The lowest BCUT2D eigenvalue weighted by Crippen LogP contribution is -2.23. The molecule has 0 saturated carbocycles. The zero-order valence-electron chi connectivity index (χ0n) is 11.5. The van der Waals surface area contributed by atoms with Crippen LogP contribution in [0.3, 0.4) is 0 Å². The molecule has 3 nitrogen and oxygen atoms in total. The average molecular weight is 353 g/mol. The summed E-state index contributed by atoms with van der Waals surface area (Å²) in [5.74, 6) is 0.120. The number of carbonyl (C=O) groups excluding carboxylic acids is 1. The number of hydrogen-bond donors (Lipinski definition) is 1. The minimum Gasteiger partial charge on any atom is -0.380 e. The monoisotopic (exact) mass is 352 g/mol. The number of amides is 1. The second kappa shape index (κ2) is 6.90. The molecule has 5 heteroatoms. The summed E-state index contributed by atoms with van der Waals surface area (Å²) in [6, 6.07) is 10.1. The van der Waals surface area contributed by atoms with Gasteiger partial charge in [0.2, 0.25) is 5.91 Å². The molecule has 0 unspecified atom stereocenters. The highest BCUT2D eigenvalue weighted by atomic mass is 79.9. The third kappa shape index (κ3) is 4.35. The molecule has 106 valence electrons. The molecule has 0 aliphatic heterocycles. The van der Waals surface area contributed by atoms with E-state index in [2.05, 4.69) is 32.7 Å². The van der Waals surface area contributed by atoms with Gasteiger partial charge >= 0.3 is 0 Å². The van der Waals surface area contributed by atoms with Gasteiger partial charge in [-0.3, -0.25) is 4.79 Å². The van der Waals surface area contributed by atoms with Crippen molar-refractivity contribution >= 4 is 38.9 Å². The highest BCUT2D eigenvalue weighted by molar-refractivity contribution is 9.10. The molecule has 0 fully saturated rings. The Kier molecular flexibility index (Phi) is 5.20. The van der Waals surface area contributed by atoms with Crippen LogP contribution in [0.25, 0.3) is 0 Å². The van der Waals surface area contributed by atoms with Gasteiger partial charge in [-0.05, 0) is 39.7 Å². The van der Waals surface area contributed by atoms with Crippen LogP contribution in [-0.4, -0.2) is 24.9 Å². The first-order valence-electron chi connectivity index (χ1n) is 6.30. The largest absolute Gasteiger partial charge is 0.380 e. The fourth-order valence-electron chi connectivity index (χ4n) is 1.71. The predicted molar refractivity (Wildman–Crippen MR) is 88.2 cm³/mol. The fraction of sp³-hybridized carbons (Fsp3) is 0.267. The molecule has 20 heavy (non-hydrogen) atoms. The summed E-state index contributed by atoms with van der Waals surface area (Å²) in [5.41, 5.74) is 2.10. The van der Waals surface area contributed by atoms with E-state index in [1.165, 1.54) is 4.88 Å². The lowest BCUT2D eigenvalue weighted by molar-refractivity contribution is -0.127. The lowest BCUT2D eigenvalue weighted by atomic mass is 10.1. The zero-order valence-corrected chi connectivity index (χ0v) is 13.9. The Balaban J connectivity index is 1.89. The summed E-state index contributed by atoms with van der Waals surface area (Å²) in [5, 5.41) is 5.45. The van der Waals surface area contributed by atoms with Crippen molar-refractivity contribution in [3.63, 3.8) is 0 Å².